The van der Waals surface area contributed by atoms with Crippen molar-refractivity contribution in [1.82, 2.24) is 0 Å². The minimum atomic E-state index is -0.714. The maximum atomic E-state index is 10.5. The van der Waals surface area contributed by atoms with Crippen molar-refractivity contribution in [3.05, 3.63) is 33.8 Å². The van der Waals surface area contributed by atoms with E-state index in [1.807, 2.05) is 32.9 Å². The number of rotatable bonds is 4. The number of benzene rings is 1. The standard InChI is InChI=1S/C13H18Cl2O/c1-4-13(16,9(2)3)8-10-6-5-7-11(14)12(10)15/h5-7,9,16H,4,8H2,1-3H3. The Morgan fingerprint density at radius 3 is 2.44 bits per heavy atom. The summed E-state index contributed by atoms with van der Waals surface area (Å²) in [7, 11) is 0. The highest BCUT2D eigenvalue weighted by atomic mass is 35.5. The molecule has 16 heavy (non-hydrogen) atoms. The molecule has 0 bridgehead atoms. The maximum Gasteiger partial charge on any atom is 0.0708 e. The van der Waals surface area contributed by atoms with Gasteiger partial charge in [-0.2, -0.15) is 0 Å². The van der Waals surface area contributed by atoms with Crippen LogP contribution in [0.4, 0.5) is 0 Å². The molecule has 3 heteroatoms. The van der Waals surface area contributed by atoms with Crippen molar-refractivity contribution in [3.8, 4) is 0 Å². The minimum Gasteiger partial charge on any atom is -0.389 e. The first-order chi connectivity index (χ1) is 7.40. The number of hydrogen-bond acceptors (Lipinski definition) is 1. The zero-order chi connectivity index (χ0) is 12.3. The summed E-state index contributed by atoms with van der Waals surface area (Å²) in [6, 6.07) is 5.53. The normalized spacial score (nSPS) is 15.2. The molecular formula is C13H18Cl2O. The summed E-state index contributed by atoms with van der Waals surface area (Å²) in [5.41, 5.74) is 0.195. The SMILES string of the molecule is CCC(O)(Cc1cccc(Cl)c1Cl)C(C)C. The van der Waals surface area contributed by atoms with Crippen molar-refractivity contribution in [3.63, 3.8) is 0 Å². The first-order valence-corrected chi connectivity index (χ1v) is 6.31. The highest BCUT2D eigenvalue weighted by molar-refractivity contribution is 6.42. The van der Waals surface area contributed by atoms with Gasteiger partial charge in [-0.25, -0.2) is 0 Å². The molecule has 0 aliphatic heterocycles. The van der Waals surface area contributed by atoms with Crippen molar-refractivity contribution in [1.29, 1.82) is 0 Å². The molecule has 0 saturated carbocycles. The average molecular weight is 261 g/mol. The smallest absolute Gasteiger partial charge is 0.0708 e. The summed E-state index contributed by atoms with van der Waals surface area (Å²) in [6.45, 7) is 6.02. The van der Waals surface area contributed by atoms with Crippen LogP contribution < -0.4 is 0 Å². The molecule has 0 aliphatic rings. The van der Waals surface area contributed by atoms with Crippen molar-refractivity contribution in [2.24, 2.45) is 5.92 Å². The van der Waals surface area contributed by atoms with Crippen LogP contribution in [0.25, 0.3) is 0 Å². The van der Waals surface area contributed by atoms with Crippen LogP contribution in [0.2, 0.25) is 10.0 Å². The monoisotopic (exact) mass is 260 g/mol. The van der Waals surface area contributed by atoms with Gasteiger partial charge in [-0.15, -0.1) is 0 Å². The van der Waals surface area contributed by atoms with Crippen LogP contribution in [0.5, 0.6) is 0 Å². The average Bonchev–Trinajstić information content (AvgIpc) is 2.24. The van der Waals surface area contributed by atoms with Gasteiger partial charge in [0.1, 0.15) is 0 Å². The van der Waals surface area contributed by atoms with Gasteiger partial charge in [-0.05, 0) is 24.0 Å². The maximum absolute atomic E-state index is 10.5. The van der Waals surface area contributed by atoms with Gasteiger partial charge in [0.2, 0.25) is 0 Å². The van der Waals surface area contributed by atoms with E-state index >= 15 is 0 Å². The van der Waals surface area contributed by atoms with Gasteiger partial charge in [0, 0.05) is 6.42 Å². The Morgan fingerprint density at radius 2 is 1.94 bits per heavy atom. The molecule has 0 aliphatic carbocycles. The fourth-order valence-corrected chi connectivity index (χ4v) is 2.14. The van der Waals surface area contributed by atoms with Crippen LogP contribution in [0, 0.1) is 5.92 Å². The quantitative estimate of drug-likeness (QED) is 0.855. The van der Waals surface area contributed by atoms with Crippen LogP contribution in [-0.4, -0.2) is 10.7 Å². The lowest BCUT2D eigenvalue weighted by atomic mass is 9.82. The van der Waals surface area contributed by atoms with Crippen LogP contribution in [0.1, 0.15) is 32.8 Å². The van der Waals surface area contributed by atoms with Gasteiger partial charge >= 0.3 is 0 Å². The van der Waals surface area contributed by atoms with E-state index in [9.17, 15) is 5.11 Å². The molecule has 1 rings (SSSR count). The van der Waals surface area contributed by atoms with Crippen molar-refractivity contribution in [2.75, 3.05) is 0 Å². The molecular weight excluding hydrogens is 243 g/mol. The highest BCUT2D eigenvalue weighted by Gasteiger charge is 2.29. The first-order valence-electron chi connectivity index (χ1n) is 5.56. The third kappa shape index (κ3) is 2.91. The number of halogens is 2. The topological polar surface area (TPSA) is 20.2 Å². The van der Waals surface area contributed by atoms with E-state index in [4.69, 9.17) is 23.2 Å². The molecule has 0 radical (unpaired) electrons. The predicted molar refractivity (Wildman–Crippen MR) is 70.2 cm³/mol. The molecule has 0 spiro atoms. The molecule has 0 fully saturated rings. The molecule has 1 N–H and O–H groups in total. The molecule has 1 aromatic carbocycles. The van der Waals surface area contributed by atoms with Gasteiger partial charge in [0.05, 0.1) is 15.6 Å². The predicted octanol–water partition coefficient (Wildman–Crippen LogP) is 4.33. The lowest BCUT2D eigenvalue weighted by Crippen LogP contribution is -2.36. The zero-order valence-corrected chi connectivity index (χ0v) is 11.4. The largest absolute Gasteiger partial charge is 0.389 e. The third-order valence-electron chi connectivity index (χ3n) is 3.22. The lowest BCUT2D eigenvalue weighted by Gasteiger charge is -2.31. The summed E-state index contributed by atoms with van der Waals surface area (Å²) in [4.78, 5) is 0. The second kappa shape index (κ2) is 5.39. The van der Waals surface area contributed by atoms with Crippen LogP contribution in [-0.2, 0) is 6.42 Å². The first kappa shape index (κ1) is 13.8. The third-order valence-corrected chi connectivity index (χ3v) is 4.07. The van der Waals surface area contributed by atoms with E-state index in [0.29, 0.717) is 22.9 Å². The van der Waals surface area contributed by atoms with Crippen LogP contribution in [0.15, 0.2) is 18.2 Å². The minimum absolute atomic E-state index is 0.188. The Balaban J connectivity index is 2.99. The molecule has 90 valence electrons. The summed E-state index contributed by atoms with van der Waals surface area (Å²) in [5, 5.41) is 11.6. The van der Waals surface area contributed by atoms with Gasteiger partial charge in [0.15, 0.2) is 0 Å². The fourth-order valence-electron chi connectivity index (χ4n) is 1.75. The summed E-state index contributed by atoms with van der Waals surface area (Å²) in [6.07, 6.45) is 1.24. The Bertz CT molecular complexity index is 363. The molecule has 1 atom stereocenters. The molecule has 1 aromatic rings. The fraction of sp³-hybridized carbons (Fsp3) is 0.538. The molecule has 0 heterocycles. The number of aliphatic hydroxyl groups is 1. The van der Waals surface area contributed by atoms with E-state index in [-0.39, 0.29) is 5.92 Å². The summed E-state index contributed by atoms with van der Waals surface area (Å²) < 4.78 is 0. The molecule has 0 amide bonds. The highest BCUT2D eigenvalue weighted by Crippen LogP contribution is 2.32. The zero-order valence-electron chi connectivity index (χ0n) is 9.93. The second-order valence-corrected chi connectivity index (χ2v) is 5.29. The molecule has 0 aromatic heterocycles. The van der Waals surface area contributed by atoms with Gasteiger partial charge < -0.3 is 5.11 Å². The second-order valence-electron chi connectivity index (χ2n) is 4.50. The van der Waals surface area contributed by atoms with E-state index in [0.717, 1.165) is 5.56 Å². The summed E-state index contributed by atoms with van der Waals surface area (Å²) >= 11 is 12.1. The van der Waals surface area contributed by atoms with Gasteiger partial charge in [0.25, 0.3) is 0 Å². The van der Waals surface area contributed by atoms with Crippen LogP contribution >= 0.6 is 23.2 Å². The van der Waals surface area contributed by atoms with Crippen molar-refractivity contribution < 1.29 is 5.11 Å². The Morgan fingerprint density at radius 1 is 1.31 bits per heavy atom. The van der Waals surface area contributed by atoms with E-state index in [1.165, 1.54) is 0 Å². The van der Waals surface area contributed by atoms with Crippen molar-refractivity contribution >= 4 is 23.2 Å². The van der Waals surface area contributed by atoms with Gasteiger partial charge in [-0.3, -0.25) is 0 Å². The van der Waals surface area contributed by atoms with Gasteiger partial charge in [-0.1, -0.05) is 56.1 Å². The summed E-state index contributed by atoms with van der Waals surface area (Å²) in [5.74, 6) is 0.188. The molecule has 1 unspecified atom stereocenters. The Hall–Kier alpha value is -0.240. The van der Waals surface area contributed by atoms with Crippen LogP contribution in [0.3, 0.4) is 0 Å². The van der Waals surface area contributed by atoms with E-state index in [2.05, 4.69) is 0 Å². The number of hydrogen-bond donors (Lipinski definition) is 1. The van der Waals surface area contributed by atoms with Crippen molar-refractivity contribution in [2.45, 2.75) is 39.2 Å². The lowest BCUT2D eigenvalue weighted by molar-refractivity contribution is -0.00826. The van der Waals surface area contributed by atoms with E-state index in [1.54, 1.807) is 6.07 Å². The Labute approximate surface area is 107 Å². The molecule has 1 nitrogen and oxygen atoms in total. The van der Waals surface area contributed by atoms with E-state index < -0.39 is 5.60 Å². The Kier molecular flexibility index (Phi) is 4.66. The molecule has 0 saturated heterocycles.